The second-order valence-electron chi connectivity index (χ2n) is 6.15. The van der Waals surface area contributed by atoms with Gasteiger partial charge in [0, 0.05) is 5.75 Å². The topological polar surface area (TPSA) is 84.8 Å². The lowest BCUT2D eigenvalue weighted by Crippen LogP contribution is -2.08. The van der Waals surface area contributed by atoms with Crippen LogP contribution in [0.5, 0.6) is 5.75 Å². The van der Waals surface area contributed by atoms with Gasteiger partial charge in [0.2, 0.25) is 0 Å². The third-order valence-corrected chi connectivity index (χ3v) is 4.98. The lowest BCUT2D eigenvalue weighted by Gasteiger charge is -2.11. The van der Waals surface area contributed by atoms with Crippen LogP contribution < -0.4 is 10.5 Å². The molecule has 5 nitrogen and oxygen atoms in total. The van der Waals surface area contributed by atoms with Crippen LogP contribution in [0.1, 0.15) is 27.9 Å². The van der Waals surface area contributed by atoms with E-state index in [1.165, 1.54) is 22.9 Å². The third-order valence-electron chi connectivity index (χ3n) is 4.09. The smallest absolute Gasteiger partial charge is 0.190 e. The maximum Gasteiger partial charge on any atom is 0.190 e. The van der Waals surface area contributed by atoms with Crippen molar-refractivity contribution in [3.63, 3.8) is 0 Å². The number of ether oxygens (including phenoxy) is 1. The second-order valence-corrected chi connectivity index (χ2v) is 7.09. The van der Waals surface area contributed by atoms with Crippen LogP contribution in [0.4, 0.5) is 5.82 Å². The summed E-state index contributed by atoms with van der Waals surface area (Å²) in [4.78, 5) is 8.78. The normalized spacial score (nSPS) is 10.4. The van der Waals surface area contributed by atoms with Crippen LogP contribution in [0, 0.1) is 25.2 Å². The SMILES string of the molecule is Cc1cccc(OCc2nc(SCc3ccccc3C)nc(N)c2C#N)c1. The number of anilines is 1. The fourth-order valence-corrected chi connectivity index (χ4v) is 3.51. The average molecular weight is 376 g/mol. The summed E-state index contributed by atoms with van der Waals surface area (Å²) in [5, 5.41) is 9.94. The van der Waals surface area contributed by atoms with E-state index in [4.69, 9.17) is 10.5 Å². The van der Waals surface area contributed by atoms with Crippen molar-refractivity contribution in [3.05, 3.63) is 76.5 Å². The van der Waals surface area contributed by atoms with Gasteiger partial charge in [-0.05, 0) is 42.7 Å². The molecule has 0 saturated heterocycles. The molecule has 0 saturated carbocycles. The van der Waals surface area contributed by atoms with Crippen LogP contribution in [0.3, 0.4) is 0 Å². The number of nitriles is 1. The first-order valence-electron chi connectivity index (χ1n) is 8.50. The van der Waals surface area contributed by atoms with Gasteiger partial charge in [-0.3, -0.25) is 0 Å². The molecule has 3 rings (SSSR count). The van der Waals surface area contributed by atoms with E-state index >= 15 is 0 Å². The lowest BCUT2D eigenvalue weighted by molar-refractivity contribution is 0.299. The summed E-state index contributed by atoms with van der Waals surface area (Å²) in [6, 6.07) is 18.0. The summed E-state index contributed by atoms with van der Waals surface area (Å²) in [5.41, 5.74) is 10.3. The van der Waals surface area contributed by atoms with Crippen molar-refractivity contribution in [1.82, 2.24) is 9.97 Å². The number of nitrogen functional groups attached to an aromatic ring is 1. The molecular weight excluding hydrogens is 356 g/mol. The number of aromatic nitrogens is 2. The molecule has 2 N–H and O–H groups in total. The van der Waals surface area contributed by atoms with Crippen LogP contribution >= 0.6 is 11.8 Å². The zero-order chi connectivity index (χ0) is 19.2. The van der Waals surface area contributed by atoms with Crippen LogP contribution in [0.25, 0.3) is 0 Å². The van der Waals surface area contributed by atoms with Gasteiger partial charge in [0.15, 0.2) is 5.16 Å². The Hall–Kier alpha value is -3.04. The van der Waals surface area contributed by atoms with Crippen molar-refractivity contribution in [2.75, 3.05) is 5.73 Å². The van der Waals surface area contributed by atoms with Crippen LogP contribution in [0.2, 0.25) is 0 Å². The summed E-state index contributed by atoms with van der Waals surface area (Å²) in [6.07, 6.45) is 0. The standard InChI is InChI=1S/C21H20N4OS/c1-14-6-5-9-17(10-14)26-12-19-18(11-22)20(23)25-21(24-19)27-13-16-8-4-3-7-15(16)2/h3-10H,12-13H2,1-2H3,(H2,23,24,25). The number of hydrogen-bond acceptors (Lipinski definition) is 6. The number of nitrogens with zero attached hydrogens (tertiary/aromatic N) is 3. The van der Waals surface area contributed by atoms with Gasteiger partial charge >= 0.3 is 0 Å². The molecule has 0 aliphatic rings. The van der Waals surface area contributed by atoms with Gasteiger partial charge in [-0.2, -0.15) is 5.26 Å². The summed E-state index contributed by atoms with van der Waals surface area (Å²) < 4.78 is 5.80. The Balaban J connectivity index is 1.78. The van der Waals surface area contributed by atoms with Gasteiger partial charge in [-0.15, -0.1) is 0 Å². The summed E-state index contributed by atoms with van der Waals surface area (Å²) in [7, 11) is 0. The highest BCUT2D eigenvalue weighted by Gasteiger charge is 2.14. The number of benzene rings is 2. The van der Waals surface area contributed by atoms with E-state index in [0.717, 1.165) is 17.1 Å². The molecule has 2 aromatic carbocycles. The van der Waals surface area contributed by atoms with E-state index in [9.17, 15) is 5.26 Å². The molecule has 3 aromatic rings. The molecule has 0 radical (unpaired) electrons. The Labute approximate surface area is 163 Å². The lowest BCUT2D eigenvalue weighted by atomic mass is 10.1. The predicted octanol–water partition coefficient (Wildman–Crippen LogP) is 4.42. The van der Waals surface area contributed by atoms with Gasteiger partial charge < -0.3 is 10.5 Å². The monoisotopic (exact) mass is 376 g/mol. The van der Waals surface area contributed by atoms with E-state index < -0.39 is 0 Å². The number of hydrogen-bond donors (Lipinski definition) is 1. The quantitative estimate of drug-likeness (QED) is 0.506. The maximum absolute atomic E-state index is 9.40. The molecule has 0 fully saturated rings. The first kappa shape index (κ1) is 18.7. The summed E-state index contributed by atoms with van der Waals surface area (Å²) in [5.74, 6) is 1.64. The molecule has 136 valence electrons. The molecule has 0 aliphatic carbocycles. The zero-order valence-electron chi connectivity index (χ0n) is 15.3. The van der Waals surface area contributed by atoms with Crippen molar-refractivity contribution in [1.29, 1.82) is 5.26 Å². The Bertz CT molecular complexity index is 998. The fourth-order valence-electron chi connectivity index (χ4n) is 2.57. The zero-order valence-corrected chi connectivity index (χ0v) is 16.1. The number of nitrogens with two attached hydrogens (primary N) is 1. The molecule has 0 unspecified atom stereocenters. The fraction of sp³-hybridized carbons (Fsp3) is 0.190. The largest absolute Gasteiger partial charge is 0.487 e. The highest BCUT2D eigenvalue weighted by atomic mass is 32.2. The maximum atomic E-state index is 9.40. The highest BCUT2D eigenvalue weighted by molar-refractivity contribution is 7.98. The molecular formula is C21H20N4OS. The molecule has 1 heterocycles. The van der Waals surface area contributed by atoms with Gasteiger partial charge in [0.25, 0.3) is 0 Å². The van der Waals surface area contributed by atoms with Crippen molar-refractivity contribution in [2.45, 2.75) is 31.4 Å². The third kappa shape index (κ3) is 4.78. The molecule has 0 aliphatic heterocycles. The van der Waals surface area contributed by atoms with E-state index in [2.05, 4.69) is 35.1 Å². The van der Waals surface area contributed by atoms with Crippen molar-refractivity contribution in [2.24, 2.45) is 0 Å². The Morgan fingerprint density at radius 3 is 2.67 bits per heavy atom. The van der Waals surface area contributed by atoms with E-state index in [-0.39, 0.29) is 18.0 Å². The molecule has 27 heavy (non-hydrogen) atoms. The number of aryl methyl sites for hydroxylation is 2. The van der Waals surface area contributed by atoms with Crippen LogP contribution in [-0.2, 0) is 12.4 Å². The second kappa shape index (κ2) is 8.56. The van der Waals surface area contributed by atoms with Gasteiger partial charge in [0.1, 0.15) is 35.5 Å². The number of thioether (sulfide) groups is 1. The van der Waals surface area contributed by atoms with E-state index in [1.54, 1.807) is 0 Å². The molecule has 1 aromatic heterocycles. The van der Waals surface area contributed by atoms with Gasteiger partial charge in [0.05, 0.1) is 0 Å². The van der Waals surface area contributed by atoms with Gasteiger partial charge in [-0.25, -0.2) is 9.97 Å². The number of rotatable bonds is 6. The first-order valence-corrected chi connectivity index (χ1v) is 9.48. The Kier molecular flexibility index (Phi) is 5.94. The molecule has 0 spiro atoms. The first-order chi connectivity index (χ1) is 13.1. The molecule has 0 amide bonds. The molecule has 0 bridgehead atoms. The van der Waals surface area contributed by atoms with Crippen molar-refractivity contribution >= 4 is 17.6 Å². The Morgan fingerprint density at radius 2 is 1.93 bits per heavy atom. The van der Waals surface area contributed by atoms with Crippen molar-refractivity contribution in [3.8, 4) is 11.8 Å². The van der Waals surface area contributed by atoms with Crippen LogP contribution in [0.15, 0.2) is 53.7 Å². The summed E-state index contributed by atoms with van der Waals surface area (Å²) in [6.45, 7) is 4.23. The summed E-state index contributed by atoms with van der Waals surface area (Å²) >= 11 is 1.49. The molecule has 6 heteroatoms. The predicted molar refractivity (Wildman–Crippen MR) is 107 cm³/mol. The van der Waals surface area contributed by atoms with Crippen LogP contribution in [-0.4, -0.2) is 9.97 Å². The minimum absolute atomic E-state index is 0.164. The van der Waals surface area contributed by atoms with Crippen molar-refractivity contribution < 1.29 is 4.74 Å². The Morgan fingerprint density at radius 1 is 1.11 bits per heavy atom. The highest BCUT2D eigenvalue weighted by Crippen LogP contribution is 2.25. The molecule has 0 atom stereocenters. The minimum atomic E-state index is 0.164. The minimum Gasteiger partial charge on any atom is -0.487 e. The van der Waals surface area contributed by atoms with E-state index in [1.807, 2.05) is 43.3 Å². The average Bonchev–Trinajstić information content (AvgIpc) is 2.65. The van der Waals surface area contributed by atoms with E-state index in [0.29, 0.717) is 10.9 Å². The van der Waals surface area contributed by atoms with Gasteiger partial charge in [-0.1, -0.05) is 48.2 Å².